The van der Waals surface area contributed by atoms with Gasteiger partial charge in [0.15, 0.2) is 0 Å². The molecule has 1 aromatic heterocycles. The Morgan fingerprint density at radius 2 is 2.00 bits per heavy atom. The number of halogens is 1. The topological polar surface area (TPSA) is 25.8 Å². The van der Waals surface area contributed by atoms with Gasteiger partial charge in [0.25, 0.3) is 0 Å². The third-order valence-corrected chi connectivity index (χ3v) is 4.80. The Hall–Kier alpha value is -0.630. The van der Waals surface area contributed by atoms with Crippen molar-refractivity contribution in [2.45, 2.75) is 63.2 Å². The molecule has 0 spiro atoms. The van der Waals surface area contributed by atoms with Crippen molar-refractivity contribution in [3.05, 3.63) is 23.3 Å². The van der Waals surface area contributed by atoms with Gasteiger partial charge in [-0.2, -0.15) is 0 Å². The maximum Gasteiger partial charge on any atom is 0.131 e. The zero-order valence-corrected chi connectivity index (χ0v) is 11.8. The smallest absolute Gasteiger partial charge is 0.131 e. The van der Waals surface area contributed by atoms with Crippen molar-refractivity contribution in [3.63, 3.8) is 0 Å². The molecule has 98 valence electrons. The first kappa shape index (κ1) is 12.4. The lowest BCUT2D eigenvalue weighted by Crippen LogP contribution is -2.06. The van der Waals surface area contributed by atoms with Crippen molar-refractivity contribution in [2.75, 3.05) is 0 Å². The molecule has 2 fully saturated rings. The van der Waals surface area contributed by atoms with Gasteiger partial charge in [0.1, 0.15) is 5.82 Å². The molecule has 1 aromatic rings. The highest BCUT2D eigenvalue weighted by atomic mass is 35.5. The number of nitrogens with zero attached hydrogens (tertiary/aromatic N) is 2. The van der Waals surface area contributed by atoms with E-state index in [9.17, 15) is 0 Å². The molecule has 0 radical (unpaired) electrons. The van der Waals surface area contributed by atoms with Gasteiger partial charge < -0.3 is 0 Å². The molecule has 2 saturated carbocycles. The summed E-state index contributed by atoms with van der Waals surface area (Å²) < 4.78 is 0. The molecule has 0 aromatic carbocycles. The van der Waals surface area contributed by atoms with Gasteiger partial charge >= 0.3 is 0 Å². The Labute approximate surface area is 114 Å². The molecule has 0 amide bonds. The van der Waals surface area contributed by atoms with E-state index in [1.54, 1.807) is 0 Å². The monoisotopic (exact) mass is 264 g/mol. The average molecular weight is 265 g/mol. The summed E-state index contributed by atoms with van der Waals surface area (Å²) in [7, 11) is 0. The second-order valence-corrected chi connectivity index (χ2v) is 6.10. The molecule has 3 heteroatoms. The van der Waals surface area contributed by atoms with Crippen LogP contribution in [0.4, 0.5) is 0 Å². The molecule has 2 nitrogen and oxygen atoms in total. The maximum atomic E-state index is 5.98. The summed E-state index contributed by atoms with van der Waals surface area (Å²) in [5.74, 6) is 3.78. The van der Waals surface area contributed by atoms with Gasteiger partial charge in [-0.1, -0.05) is 13.3 Å². The number of hydrogen-bond acceptors (Lipinski definition) is 2. The van der Waals surface area contributed by atoms with E-state index in [1.807, 2.05) is 6.20 Å². The summed E-state index contributed by atoms with van der Waals surface area (Å²) >= 11 is 5.98. The van der Waals surface area contributed by atoms with Gasteiger partial charge in [0, 0.05) is 23.6 Å². The molecule has 2 atom stereocenters. The normalized spacial score (nSPS) is 27.7. The second-order valence-electron chi connectivity index (χ2n) is 5.83. The second kappa shape index (κ2) is 5.16. The highest BCUT2D eigenvalue weighted by Crippen LogP contribution is 2.43. The number of hydrogen-bond donors (Lipinski definition) is 0. The predicted molar refractivity (Wildman–Crippen MR) is 73.9 cm³/mol. The van der Waals surface area contributed by atoms with Crippen LogP contribution in [0.2, 0.25) is 0 Å². The molecule has 0 N–H and O–H groups in total. The van der Waals surface area contributed by atoms with E-state index < -0.39 is 0 Å². The Morgan fingerprint density at radius 1 is 1.22 bits per heavy atom. The van der Waals surface area contributed by atoms with E-state index in [4.69, 9.17) is 16.6 Å². The summed E-state index contributed by atoms with van der Waals surface area (Å²) in [5, 5.41) is 0. The van der Waals surface area contributed by atoms with Crippen LogP contribution < -0.4 is 0 Å². The summed E-state index contributed by atoms with van der Waals surface area (Å²) in [6, 6.07) is 0. The maximum absolute atomic E-state index is 5.98. The number of alkyl halides is 1. The minimum absolute atomic E-state index is 0.550. The van der Waals surface area contributed by atoms with Crippen LogP contribution in [0.3, 0.4) is 0 Å². The fourth-order valence-corrected chi connectivity index (χ4v) is 3.33. The van der Waals surface area contributed by atoms with E-state index in [0.29, 0.717) is 17.7 Å². The van der Waals surface area contributed by atoms with E-state index in [2.05, 4.69) is 11.9 Å². The van der Waals surface area contributed by atoms with Crippen LogP contribution >= 0.6 is 11.6 Å². The highest BCUT2D eigenvalue weighted by Gasteiger charge is 2.31. The Bertz CT molecular complexity index is 429. The van der Waals surface area contributed by atoms with Gasteiger partial charge in [-0.15, -0.1) is 11.6 Å². The predicted octanol–water partition coefficient (Wildman–Crippen LogP) is 4.39. The Morgan fingerprint density at radius 3 is 2.61 bits per heavy atom. The van der Waals surface area contributed by atoms with Crippen LogP contribution in [0, 0.1) is 5.92 Å². The molecule has 1 heterocycles. The molecule has 18 heavy (non-hydrogen) atoms. The van der Waals surface area contributed by atoms with Crippen molar-refractivity contribution >= 4 is 11.6 Å². The molecule has 2 aliphatic rings. The molecule has 3 rings (SSSR count). The number of rotatable bonds is 4. The lowest BCUT2D eigenvalue weighted by atomic mass is 10.0. The van der Waals surface area contributed by atoms with Crippen molar-refractivity contribution in [2.24, 2.45) is 5.92 Å². The molecule has 2 aliphatic carbocycles. The van der Waals surface area contributed by atoms with Crippen LogP contribution in [0.1, 0.15) is 74.4 Å². The van der Waals surface area contributed by atoms with Crippen LogP contribution in [0.15, 0.2) is 6.20 Å². The SMILES string of the molecule is CCC1CCC(c2ncc(CCl)c(C3CC3)n2)C1. The zero-order valence-electron chi connectivity index (χ0n) is 11.0. The van der Waals surface area contributed by atoms with Gasteiger partial charge in [-0.3, -0.25) is 0 Å². The van der Waals surface area contributed by atoms with Gasteiger partial charge in [0.05, 0.1) is 11.6 Å². The van der Waals surface area contributed by atoms with Crippen LogP contribution in [0.25, 0.3) is 0 Å². The molecular weight excluding hydrogens is 244 g/mol. The quantitative estimate of drug-likeness (QED) is 0.754. The first-order valence-electron chi connectivity index (χ1n) is 7.23. The van der Waals surface area contributed by atoms with Crippen molar-refractivity contribution in [1.82, 2.24) is 9.97 Å². The van der Waals surface area contributed by atoms with E-state index in [-0.39, 0.29) is 0 Å². The van der Waals surface area contributed by atoms with Crippen LogP contribution in [0.5, 0.6) is 0 Å². The minimum Gasteiger partial charge on any atom is -0.241 e. The van der Waals surface area contributed by atoms with Crippen molar-refractivity contribution in [3.8, 4) is 0 Å². The minimum atomic E-state index is 0.550. The molecule has 0 bridgehead atoms. The first-order valence-corrected chi connectivity index (χ1v) is 7.77. The third kappa shape index (κ3) is 2.40. The largest absolute Gasteiger partial charge is 0.241 e. The molecule has 0 saturated heterocycles. The number of aromatic nitrogens is 2. The fourth-order valence-electron chi connectivity index (χ4n) is 3.12. The summed E-state index contributed by atoms with van der Waals surface area (Å²) in [6.07, 6.45) is 9.73. The van der Waals surface area contributed by atoms with Crippen molar-refractivity contribution < 1.29 is 0 Å². The highest BCUT2D eigenvalue weighted by molar-refractivity contribution is 6.17. The lowest BCUT2D eigenvalue weighted by molar-refractivity contribution is 0.516. The average Bonchev–Trinajstić information content (AvgIpc) is 3.15. The Balaban J connectivity index is 1.82. The van der Waals surface area contributed by atoms with Gasteiger partial charge in [-0.25, -0.2) is 9.97 Å². The van der Waals surface area contributed by atoms with Crippen LogP contribution in [-0.4, -0.2) is 9.97 Å². The van der Waals surface area contributed by atoms with E-state index >= 15 is 0 Å². The molecule has 0 aliphatic heterocycles. The lowest BCUT2D eigenvalue weighted by Gasteiger charge is -2.12. The first-order chi connectivity index (χ1) is 8.81. The summed E-state index contributed by atoms with van der Waals surface area (Å²) in [5.41, 5.74) is 2.39. The van der Waals surface area contributed by atoms with Crippen molar-refractivity contribution in [1.29, 1.82) is 0 Å². The summed E-state index contributed by atoms with van der Waals surface area (Å²) in [4.78, 5) is 9.44. The fraction of sp³-hybridized carbons (Fsp3) is 0.733. The van der Waals surface area contributed by atoms with E-state index in [0.717, 1.165) is 17.3 Å². The third-order valence-electron chi connectivity index (χ3n) is 4.51. The molecular formula is C15H21ClN2. The van der Waals surface area contributed by atoms with Crippen LogP contribution in [-0.2, 0) is 5.88 Å². The van der Waals surface area contributed by atoms with Gasteiger partial charge in [-0.05, 0) is 38.0 Å². The van der Waals surface area contributed by atoms with Gasteiger partial charge in [0.2, 0.25) is 0 Å². The van der Waals surface area contributed by atoms with E-state index in [1.165, 1.54) is 44.2 Å². The zero-order chi connectivity index (χ0) is 12.5. The molecule has 2 unspecified atom stereocenters. The standard InChI is InChI=1S/C15H21ClN2/c1-2-10-3-4-12(7-10)15-17-9-13(8-16)14(18-15)11-5-6-11/h9-12H,2-8H2,1H3. The Kier molecular flexibility index (Phi) is 3.56. The summed E-state index contributed by atoms with van der Waals surface area (Å²) in [6.45, 7) is 2.29.